The molecule has 0 radical (unpaired) electrons. The maximum atomic E-state index is 12.3. The van der Waals surface area contributed by atoms with Crippen molar-refractivity contribution in [3.63, 3.8) is 0 Å². The molecule has 0 fully saturated rings. The Morgan fingerprint density at radius 3 is 2.64 bits per heavy atom. The van der Waals surface area contributed by atoms with Crippen molar-refractivity contribution < 1.29 is 27.5 Å². The number of carbonyl (C=O) groups is 1. The van der Waals surface area contributed by atoms with E-state index in [2.05, 4.69) is 4.72 Å². The number of sulfonamides is 1. The molecular formula is C20H21NO6S. The van der Waals surface area contributed by atoms with Crippen molar-refractivity contribution in [2.75, 3.05) is 12.4 Å². The van der Waals surface area contributed by atoms with Crippen LogP contribution in [-0.4, -0.2) is 31.9 Å². The number of ether oxygens (including phenoxy) is 1. The first-order chi connectivity index (χ1) is 13.4. The monoisotopic (exact) mass is 403 g/mol. The van der Waals surface area contributed by atoms with Crippen LogP contribution < -0.4 is 9.46 Å². The summed E-state index contributed by atoms with van der Waals surface area (Å²) >= 11 is 0. The van der Waals surface area contributed by atoms with Gasteiger partial charge >= 0.3 is 5.97 Å². The zero-order chi connectivity index (χ0) is 20.0. The van der Waals surface area contributed by atoms with E-state index in [0.29, 0.717) is 35.1 Å². The molecule has 0 amide bonds. The third-order valence-corrected chi connectivity index (χ3v) is 5.61. The van der Waals surface area contributed by atoms with Gasteiger partial charge in [0.25, 0.3) is 0 Å². The summed E-state index contributed by atoms with van der Waals surface area (Å²) in [7, 11) is -3.43. The molecule has 1 aromatic heterocycles. The molecule has 7 nitrogen and oxygen atoms in total. The molecule has 0 saturated heterocycles. The van der Waals surface area contributed by atoms with Gasteiger partial charge in [0.05, 0.1) is 12.0 Å². The lowest BCUT2D eigenvalue weighted by Gasteiger charge is -2.07. The summed E-state index contributed by atoms with van der Waals surface area (Å²) in [5.41, 5.74) is 2.15. The Kier molecular flexibility index (Phi) is 6.33. The van der Waals surface area contributed by atoms with Crippen LogP contribution in [0.1, 0.15) is 17.5 Å². The normalized spacial score (nSPS) is 11.6. The molecule has 3 aromatic rings. The number of para-hydroxylation sites is 1. The van der Waals surface area contributed by atoms with Crippen molar-refractivity contribution in [1.82, 2.24) is 4.72 Å². The summed E-state index contributed by atoms with van der Waals surface area (Å²) in [6.45, 7) is -0.397. The van der Waals surface area contributed by atoms with Gasteiger partial charge < -0.3 is 14.3 Å². The number of aliphatic carboxylic acids is 1. The Hall–Kier alpha value is -2.84. The van der Waals surface area contributed by atoms with Crippen LogP contribution in [0.4, 0.5) is 0 Å². The smallest absolute Gasteiger partial charge is 0.341 e. The fraction of sp³-hybridized carbons (Fsp3) is 0.250. The summed E-state index contributed by atoms with van der Waals surface area (Å²) in [4.78, 5) is 10.7. The number of carboxylic acids is 1. The quantitative estimate of drug-likeness (QED) is 0.539. The van der Waals surface area contributed by atoms with Crippen LogP contribution in [0.25, 0.3) is 11.0 Å². The molecule has 0 spiro atoms. The van der Waals surface area contributed by atoms with Crippen molar-refractivity contribution in [2.24, 2.45) is 0 Å². The first-order valence-corrected chi connectivity index (χ1v) is 10.4. The summed E-state index contributed by atoms with van der Waals surface area (Å²) in [5.74, 6) is -0.756. The highest BCUT2D eigenvalue weighted by Gasteiger charge is 2.15. The highest BCUT2D eigenvalue weighted by molar-refractivity contribution is 7.89. The van der Waals surface area contributed by atoms with Gasteiger partial charge in [0, 0.05) is 17.5 Å². The first kappa shape index (κ1) is 19.9. The van der Waals surface area contributed by atoms with Crippen molar-refractivity contribution in [1.29, 1.82) is 0 Å². The second kappa shape index (κ2) is 8.90. The molecule has 0 unspecified atom stereocenters. The minimum absolute atomic E-state index is 0.0324. The highest BCUT2D eigenvalue weighted by atomic mass is 32.2. The van der Waals surface area contributed by atoms with E-state index in [1.807, 2.05) is 30.3 Å². The van der Waals surface area contributed by atoms with Crippen LogP contribution in [0.15, 0.2) is 59.2 Å². The summed E-state index contributed by atoms with van der Waals surface area (Å²) in [5, 5.41) is 9.41. The topological polar surface area (TPSA) is 106 Å². The number of carboxylic acid groups (broad SMARTS) is 1. The van der Waals surface area contributed by atoms with Gasteiger partial charge in [-0.3, -0.25) is 0 Å². The molecule has 0 atom stereocenters. The van der Waals surface area contributed by atoms with Crippen molar-refractivity contribution in [3.05, 3.63) is 65.9 Å². The molecular weight excluding hydrogens is 382 g/mol. The van der Waals surface area contributed by atoms with E-state index < -0.39 is 22.6 Å². The predicted octanol–water partition coefficient (Wildman–Crippen LogP) is 2.95. The number of fused-ring (bicyclic) bond motifs is 1. The van der Waals surface area contributed by atoms with E-state index in [-0.39, 0.29) is 12.3 Å². The van der Waals surface area contributed by atoms with Crippen LogP contribution in [0, 0.1) is 0 Å². The molecule has 2 aromatic carbocycles. The van der Waals surface area contributed by atoms with Gasteiger partial charge in [0.1, 0.15) is 0 Å². The zero-order valence-corrected chi connectivity index (χ0v) is 15.9. The molecule has 3 rings (SSSR count). The molecule has 0 aliphatic heterocycles. The van der Waals surface area contributed by atoms with E-state index in [0.717, 1.165) is 5.56 Å². The van der Waals surface area contributed by atoms with Gasteiger partial charge in [-0.05, 0) is 24.5 Å². The van der Waals surface area contributed by atoms with E-state index in [1.165, 1.54) is 6.26 Å². The highest BCUT2D eigenvalue weighted by Crippen LogP contribution is 2.29. The first-order valence-electron chi connectivity index (χ1n) is 8.79. The summed E-state index contributed by atoms with van der Waals surface area (Å²) in [6, 6.07) is 14.8. The second-order valence-corrected chi connectivity index (χ2v) is 8.23. The maximum Gasteiger partial charge on any atom is 0.341 e. The number of aryl methyl sites for hydroxylation is 1. The Balaban J connectivity index is 1.59. The number of furan rings is 1. The predicted molar refractivity (Wildman–Crippen MR) is 105 cm³/mol. The van der Waals surface area contributed by atoms with Crippen molar-refractivity contribution in [2.45, 2.75) is 19.4 Å². The number of rotatable bonds is 10. The van der Waals surface area contributed by atoms with Crippen LogP contribution >= 0.6 is 0 Å². The van der Waals surface area contributed by atoms with E-state index >= 15 is 0 Å². The zero-order valence-electron chi connectivity index (χ0n) is 15.1. The molecule has 148 valence electrons. The number of benzene rings is 2. The molecule has 8 heteroatoms. The molecule has 2 N–H and O–H groups in total. The molecule has 0 aliphatic carbocycles. The molecule has 28 heavy (non-hydrogen) atoms. The number of nitrogens with one attached hydrogen (secondary N) is 1. The molecule has 0 bridgehead atoms. The van der Waals surface area contributed by atoms with E-state index in [4.69, 9.17) is 14.3 Å². The lowest BCUT2D eigenvalue weighted by molar-refractivity contribution is -0.139. The van der Waals surface area contributed by atoms with Gasteiger partial charge in [-0.2, -0.15) is 0 Å². The minimum atomic E-state index is -3.43. The van der Waals surface area contributed by atoms with Gasteiger partial charge in [-0.25, -0.2) is 17.9 Å². The van der Waals surface area contributed by atoms with Gasteiger partial charge in [-0.1, -0.05) is 42.5 Å². The lowest BCUT2D eigenvalue weighted by atomic mass is 10.1. The van der Waals surface area contributed by atoms with Crippen molar-refractivity contribution in [3.8, 4) is 5.75 Å². The lowest BCUT2D eigenvalue weighted by Crippen LogP contribution is -2.26. The second-order valence-electron chi connectivity index (χ2n) is 6.31. The minimum Gasteiger partial charge on any atom is -0.479 e. The van der Waals surface area contributed by atoms with E-state index in [9.17, 15) is 13.2 Å². The molecule has 0 aliphatic rings. The molecule has 1 heterocycles. The van der Waals surface area contributed by atoms with Crippen LogP contribution in [-0.2, 0) is 27.8 Å². The Labute approximate surface area is 163 Å². The standard InChI is InChI=1S/C20H21NO6S/c22-19(23)14-26-18-10-4-9-17-16(13-27-20(17)18)12-21-28(24,25)11-5-8-15-6-2-1-3-7-15/h1-4,6-7,9-10,13,21H,5,8,11-12,14H2,(H,22,23). The largest absolute Gasteiger partial charge is 0.479 e. The van der Waals surface area contributed by atoms with Crippen LogP contribution in [0.3, 0.4) is 0 Å². The fourth-order valence-corrected chi connectivity index (χ4v) is 3.89. The number of hydrogen-bond acceptors (Lipinski definition) is 5. The number of hydrogen-bond donors (Lipinski definition) is 2. The van der Waals surface area contributed by atoms with E-state index in [1.54, 1.807) is 18.2 Å². The fourth-order valence-electron chi connectivity index (χ4n) is 2.84. The third-order valence-electron chi connectivity index (χ3n) is 4.20. The van der Waals surface area contributed by atoms with Crippen LogP contribution in [0.5, 0.6) is 5.75 Å². The summed E-state index contributed by atoms with van der Waals surface area (Å²) in [6.07, 6.45) is 2.67. The maximum absolute atomic E-state index is 12.3. The molecule has 0 saturated carbocycles. The van der Waals surface area contributed by atoms with Gasteiger partial charge in [0.2, 0.25) is 10.0 Å². The SMILES string of the molecule is O=C(O)COc1cccc2c(CNS(=O)(=O)CCCc3ccccc3)coc12. The van der Waals surface area contributed by atoms with Crippen LogP contribution in [0.2, 0.25) is 0 Å². The third kappa shape index (κ3) is 5.34. The Morgan fingerprint density at radius 2 is 1.89 bits per heavy atom. The van der Waals surface area contributed by atoms with Gasteiger partial charge in [-0.15, -0.1) is 0 Å². The Morgan fingerprint density at radius 1 is 1.11 bits per heavy atom. The Bertz CT molecular complexity index is 1040. The van der Waals surface area contributed by atoms with Crippen molar-refractivity contribution >= 4 is 27.0 Å². The average Bonchev–Trinajstić information content (AvgIpc) is 3.09. The van der Waals surface area contributed by atoms with Gasteiger partial charge in [0.15, 0.2) is 17.9 Å². The average molecular weight is 403 g/mol. The summed E-state index contributed by atoms with van der Waals surface area (Å²) < 4.78 is 37.8.